The van der Waals surface area contributed by atoms with Crippen LogP contribution in [0.25, 0.3) is 0 Å². The molecule has 0 bridgehead atoms. The first-order chi connectivity index (χ1) is 14.0. The Bertz CT molecular complexity index is 1090. The molecule has 3 rings (SSSR count). The normalized spacial score (nSPS) is 10.0. The number of carbonyl (C=O) groups excluding carboxylic acids is 1. The first kappa shape index (κ1) is 19.6. The smallest absolute Gasteiger partial charge is 0.274 e. The SMILES string of the molecule is COc1ccc(NC(=O)c2cc(C)nc(Nc3ccccc3C#N)n2)c(OC)c1. The van der Waals surface area contributed by atoms with Crippen molar-refractivity contribution in [1.82, 2.24) is 9.97 Å². The highest BCUT2D eigenvalue weighted by Gasteiger charge is 2.14. The fraction of sp³-hybridized carbons (Fsp3) is 0.143. The van der Waals surface area contributed by atoms with E-state index in [1.807, 2.05) is 0 Å². The molecule has 1 amide bonds. The van der Waals surface area contributed by atoms with E-state index in [-0.39, 0.29) is 11.6 Å². The number of nitriles is 1. The number of nitrogens with one attached hydrogen (secondary N) is 2. The summed E-state index contributed by atoms with van der Waals surface area (Å²) in [6, 6.07) is 15.7. The third-order valence-electron chi connectivity index (χ3n) is 4.04. The Morgan fingerprint density at radius 3 is 2.55 bits per heavy atom. The quantitative estimate of drug-likeness (QED) is 0.662. The largest absolute Gasteiger partial charge is 0.497 e. The molecule has 8 nitrogen and oxygen atoms in total. The van der Waals surface area contributed by atoms with Gasteiger partial charge in [0.2, 0.25) is 5.95 Å². The van der Waals surface area contributed by atoms with Gasteiger partial charge in [0, 0.05) is 11.8 Å². The van der Waals surface area contributed by atoms with E-state index in [1.165, 1.54) is 7.11 Å². The number of para-hydroxylation sites is 1. The van der Waals surface area contributed by atoms with E-state index >= 15 is 0 Å². The third-order valence-corrected chi connectivity index (χ3v) is 4.04. The Balaban J connectivity index is 1.86. The maximum absolute atomic E-state index is 12.7. The van der Waals surface area contributed by atoms with Crippen LogP contribution in [0.4, 0.5) is 17.3 Å². The van der Waals surface area contributed by atoms with Gasteiger partial charge in [-0.25, -0.2) is 9.97 Å². The van der Waals surface area contributed by atoms with Crippen LogP contribution in [0.3, 0.4) is 0 Å². The van der Waals surface area contributed by atoms with E-state index in [2.05, 4.69) is 26.7 Å². The van der Waals surface area contributed by atoms with Crippen molar-refractivity contribution in [2.75, 3.05) is 24.9 Å². The van der Waals surface area contributed by atoms with Crippen molar-refractivity contribution in [2.45, 2.75) is 6.92 Å². The van der Waals surface area contributed by atoms with Crippen LogP contribution >= 0.6 is 0 Å². The number of nitrogens with zero attached hydrogens (tertiary/aromatic N) is 3. The number of benzene rings is 2. The summed E-state index contributed by atoms with van der Waals surface area (Å²) in [5, 5.41) is 15.0. The number of carbonyl (C=O) groups is 1. The maximum atomic E-state index is 12.7. The molecule has 146 valence electrons. The summed E-state index contributed by atoms with van der Waals surface area (Å²) in [6.45, 7) is 1.76. The molecule has 1 aromatic heterocycles. The van der Waals surface area contributed by atoms with Crippen molar-refractivity contribution >= 4 is 23.2 Å². The number of methoxy groups -OCH3 is 2. The number of ether oxygens (including phenoxy) is 2. The first-order valence-electron chi connectivity index (χ1n) is 8.69. The van der Waals surface area contributed by atoms with E-state index in [0.29, 0.717) is 34.1 Å². The summed E-state index contributed by atoms with van der Waals surface area (Å²) in [7, 11) is 3.06. The molecule has 8 heteroatoms. The van der Waals surface area contributed by atoms with E-state index < -0.39 is 5.91 Å². The Morgan fingerprint density at radius 2 is 1.83 bits per heavy atom. The number of aromatic nitrogens is 2. The van der Waals surface area contributed by atoms with Gasteiger partial charge in [-0.05, 0) is 37.3 Å². The Morgan fingerprint density at radius 1 is 1.03 bits per heavy atom. The van der Waals surface area contributed by atoms with Gasteiger partial charge >= 0.3 is 0 Å². The van der Waals surface area contributed by atoms with Crippen LogP contribution in [0.15, 0.2) is 48.5 Å². The van der Waals surface area contributed by atoms with Gasteiger partial charge in [0.15, 0.2) is 0 Å². The molecule has 2 N–H and O–H groups in total. The number of hydrogen-bond donors (Lipinski definition) is 2. The summed E-state index contributed by atoms with van der Waals surface area (Å²) in [4.78, 5) is 21.3. The molecule has 0 aliphatic rings. The lowest BCUT2D eigenvalue weighted by Crippen LogP contribution is -2.16. The summed E-state index contributed by atoms with van der Waals surface area (Å²) in [5.74, 6) is 0.875. The second-order valence-electron chi connectivity index (χ2n) is 6.02. The van der Waals surface area contributed by atoms with Gasteiger partial charge in [-0.15, -0.1) is 0 Å². The van der Waals surface area contributed by atoms with E-state index in [4.69, 9.17) is 9.47 Å². The molecular formula is C21H19N5O3. The highest BCUT2D eigenvalue weighted by molar-refractivity contribution is 6.04. The van der Waals surface area contributed by atoms with Gasteiger partial charge in [0.05, 0.1) is 31.2 Å². The van der Waals surface area contributed by atoms with Crippen LogP contribution in [0.5, 0.6) is 11.5 Å². The molecule has 0 radical (unpaired) electrons. The number of aryl methyl sites for hydroxylation is 1. The molecule has 0 aliphatic heterocycles. The monoisotopic (exact) mass is 389 g/mol. The molecule has 0 spiro atoms. The molecule has 29 heavy (non-hydrogen) atoms. The standard InChI is InChI=1S/C21H19N5O3/c1-13-10-18(20(27)24-17-9-8-15(28-2)11-19(17)29-3)26-21(23-13)25-16-7-5-4-6-14(16)12-22/h4-11H,1-3H3,(H,24,27)(H,23,25,26). The van der Waals surface area contributed by atoms with Crippen molar-refractivity contribution in [3.63, 3.8) is 0 Å². The molecule has 0 saturated carbocycles. The van der Waals surface area contributed by atoms with E-state index in [0.717, 1.165) is 0 Å². The number of rotatable bonds is 6. The first-order valence-corrected chi connectivity index (χ1v) is 8.69. The van der Waals surface area contributed by atoms with Crippen LogP contribution in [0.2, 0.25) is 0 Å². The lowest BCUT2D eigenvalue weighted by molar-refractivity contribution is 0.102. The van der Waals surface area contributed by atoms with Gasteiger partial charge < -0.3 is 20.1 Å². The topological polar surface area (TPSA) is 109 Å². The highest BCUT2D eigenvalue weighted by Crippen LogP contribution is 2.29. The van der Waals surface area contributed by atoms with Crippen molar-refractivity contribution < 1.29 is 14.3 Å². The second kappa shape index (κ2) is 8.71. The zero-order valence-corrected chi connectivity index (χ0v) is 16.2. The van der Waals surface area contributed by atoms with Crippen molar-refractivity contribution in [3.8, 4) is 17.6 Å². The van der Waals surface area contributed by atoms with Gasteiger partial charge in [-0.3, -0.25) is 4.79 Å². The fourth-order valence-electron chi connectivity index (χ4n) is 2.64. The van der Waals surface area contributed by atoms with Crippen LogP contribution in [0.1, 0.15) is 21.7 Å². The van der Waals surface area contributed by atoms with Gasteiger partial charge in [-0.2, -0.15) is 5.26 Å². The minimum Gasteiger partial charge on any atom is -0.497 e. The van der Waals surface area contributed by atoms with Gasteiger partial charge in [-0.1, -0.05) is 12.1 Å². The lowest BCUT2D eigenvalue weighted by Gasteiger charge is -2.12. The second-order valence-corrected chi connectivity index (χ2v) is 6.02. The number of hydrogen-bond acceptors (Lipinski definition) is 7. The summed E-state index contributed by atoms with van der Waals surface area (Å²) in [5.41, 5.74) is 2.27. The maximum Gasteiger partial charge on any atom is 0.274 e. The Labute approximate surface area is 168 Å². The molecular weight excluding hydrogens is 370 g/mol. The predicted molar refractivity (Wildman–Crippen MR) is 109 cm³/mol. The minimum atomic E-state index is -0.421. The summed E-state index contributed by atoms with van der Waals surface area (Å²) in [6.07, 6.45) is 0. The minimum absolute atomic E-state index is 0.173. The zero-order valence-electron chi connectivity index (χ0n) is 16.2. The molecule has 1 heterocycles. The van der Waals surface area contributed by atoms with E-state index in [9.17, 15) is 10.1 Å². The average Bonchev–Trinajstić information content (AvgIpc) is 2.74. The zero-order chi connectivity index (χ0) is 20.8. The molecule has 0 saturated heterocycles. The molecule has 3 aromatic rings. The number of anilines is 3. The van der Waals surface area contributed by atoms with Gasteiger partial charge in [0.1, 0.15) is 23.3 Å². The molecule has 0 atom stereocenters. The fourth-order valence-corrected chi connectivity index (χ4v) is 2.64. The predicted octanol–water partition coefficient (Wildman–Crippen LogP) is 3.67. The van der Waals surface area contributed by atoms with Crippen molar-refractivity contribution in [1.29, 1.82) is 5.26 Å². The third kappa shape index (κ3) is 4.59. The van der Waals surface area contributed by atoms with Crippen LogP contribution in [0, 0.1) is 18.3 Å². The highest BCUT2D eigenvalue weighted by atomic mass is 16.5. The molecule has 0 unspecified atom stereocenters. The number of amides is 1. The molecule has 2 aromatic carbocycles. The van der Waals surface area contributed by atoms with Crippen molar-refractivity contribution in [2.24, 2.45) is 0 Å². The summed E-state index contributed by atoms with van der Waals surface area (Å²) < 4.78 is 10.5. The molecule has 0 aliphatic carbocycles. The Hall–Kier alpha value is -4.12. The van der Waals surface area contributed by atoms with Gasteiger partial charge in [0.25, 0.3) is 5.91 Å². The van der Waals surface area contributed by atoms with Crippen LogP contribution in [-0.4, -0.2) is 30.1 Å². The van der Waals surface area contributed by atoms with Crippen LogP contribution in [-0.2, 0) is 0 Å². The molecule has 0 fully saturated rings. The van der Waals surface area contributed by atoms with E-state index in [1.54, 1.807) is 62.6 Å². The Kier molecular flexibility index (Phi) is 5.90. The van der Waals surface area contributed by atoms with Crippen molar-refractivity contribution in [3.05, 3.63) is 65.5 Å². The van der Waals surface area contributed by atoms with Crippen LogP contribution < -0.4 is 20.1 Å². The summed E-state index contributed by atoms with van der Waals surface area (Å²) >= 11 is 0. The average molecular weight is 389 g/mol. The lowest BCUT2D eigenvalue weighted by atomic mass is 10.2.